The highest BCUT2D eigenvalue weighted by atomic mass is 32.1. The summed E-state index contributed by atoms with van der Waals surface area (Å²) in [5.41, 5.74) is 1.79. The standard InChI is InChI=1S/C16H12O3S/c17-16(6-5-12-7-8-20-11-12)18-10-14-9-13-3-1-2-4-15(13)19-14/h1-9,11H,10H2/b6-5-. The lowest BCUT2D eigenvalue weighted by Crippen LogP contribution is -1.99. The Balaban J connectivity index is 1.60. The van der Waals surface area contributed by atoms with Crippen molar-refractivity contribution in [2.45, 2.75) is 6.61 Å². The molecule has 0 fully saturated rings. The third-order valence-corrected chi connectivity index (χ3v) is 3.49. The molecule has 0 unspecified atom stereocenters. The zero-order valence-electron chi connectivity index (χ0n) is 10.6. The second-order valence-electron chi connectivity index (χ2n) is 4.25. The molecule has 2 heterocycles. The lowest BCUT2D eigenvalue weighted by atomic mass is 10.2. The molecule has 0 radical (unpaired) electrons. The molecule has 3 aromatic rings. The van der Waals surface area contributed by atoms with E-state index in [0.29, 0.717) is 5.76 Å². The monoisotopic (exact) mass is 284 g/mol. The van der Waals surface area contributed by atoms with Gasteiger partial charge in [0.1, 0.15) is 18.0 Å². The summed E-state index contributed by atoms with van der Waals surface area (Å²) in [5.74, 6) is 0.264. The van der Waals surface area contributed by atoms with Crippen LogP contribution >= 0.6 is 11.3 Å². The van der Waals surface area contributed by atoms with E-state index >= 15 is 0 Å². The fourth-order valence-corrected chi connectivity index (χ4v) is 2.46. The molecule has 3 rings (SSSR count). The number of ether oxygens (including phenoxy) is 1. The van der Waals surface area contributed by atoms with Gasteiger partial charge in [-0.15, -0.1) is 0 Å². The number of hydrogen-bond donors (Lipinski definition) is 0. The number of fused-ring (bicyclic) bond motifs is 1. The molecule has 4 heteroatoms. The summed E-state index contributed by atoms with van der Waals surface area (Å²) in [7, 11) is 0. The Morgan fingerprint density at radius 2 is 2.20 bits per heavy atom. The highest BCUT2D eigenvalue weighted by Gasteiger charge is 2.05. The summed E-state index contributed by atoms with van der Waals surface area (Å²) in [5, 5.41) is 4.93. The van der Waals surface area contributed by atoms with Gasteiger partial charge in [-0.3, -0.25) is 0 Å². The van der Waals surface area contributed by atoms with Gasteiger partial charge in [-0.1, -0.05) is 18.2 Å². The van der Waals surface area contributed by atoms with Crippen molar-refractivity contribution in [3.05, 3.63) is 64.6 Å². The van der Waals surface area contributed by atoms with Gasteiger partial charge in [0, 0.05) is 11.5 Å². The van der Waals surface area contributed by atoms with Crippen molar-refractivity contribution in [1.82, 2.24) is 0 Å². The van der Waals surface area contributed by atoms with E-state index in [1.807, 2.05) is 47.2 Å². The molecule has 2 aromatic heterocycles. The van der Waals surface area contributed by atoms with E-state index in [0.717, 1.165) is 16.5 Å². The number of para-hydroxylation sites is 1. The number of rotatable bonds is 4. The summed E-state index contributed by atoms with van der Waals surface area (Å²) in [6, 6.07) is 11.5. The number of thiophene rings is 1. The molecule has 0 aliphatic heterocycles. The molecule has 100 valence electrons. The van der Waals surface area contributed by atoms with Crippen molar-refractivity contribution in [3.8, 4) is 0 Å². The molecule has 0 N–H and O–H groups in total. The summed E-state index contributed by atoms with van der Waals surface area (Å²) in [4.78, 5) is 11.6. The third kappa shape index (κ3) is 2.97. The molecule has 0 saturated heterocycles. The van der Waals surface area contributed by atoms with E-state index in [1.54, 1.807) is 17.4 Å². The van der Waals surface area contributed by atoms with E-state index in [-0.39, 0.29) is 12.6 Å². The molecule has 3 nitrogen and oxygen atoms in total. The van der Waals surface area contributed by atoms with E-state index in [2.05, 4.69) is 0 Å². The number of carbonyl (C=O) groups is 1. The number of furan rings is 1. The van der Waals surface area contributed by atoms with Crippen molar-refractivity contribution in [1.29, 1.82) is 0 Å². The first-order valence-electron chi connectivity index (χ1n) is 6.16. The van der Waals surface area contributed by atoms with Crippen LogP contribution in [0.1, 0.15) is 11.3 Å². The van der Waals surface area contributed by atoms with Gasteiger partial charge >= 0.3 is 5.97 Å². The third-order valence-electron chi connectivity index (χ3n) is 2.79. The van der Waals surface area contributed by atoms with Crippen molar-refractivity contribution in [2.24, 2.45) is 0 Å². The minimum absolute atomic E-state index is 0.140. The molecular weight excluding hydrogens is 272 g/mol. The first-order valence-corrected chi connectivity index (χ1v) is 7.10. The zero-order chi connectivity index (χ0) is 13.8. The van der Waals surface area contributed by atoms with Crippen LogP contribution in [0.15, 0.2) is 57.7 Å². The van der Waals surface area contributed by atoms with Crippen LogP contribution in [0, 0.1) is 0 Å². The summed E-state index contributed by atoms with van der Waals surface area (Å²) < 4.78 is 10.7. The summed E-state index contributed by atoms with van der Waals surface area (Å²) >= 11 is 1.59. The molecular formula is C16H12O3S. The fraction of sp³-hybridized carbons (Fsp3) is 0.0625. The summed E-state index contributed by atoms with van der Waals surface area (Å²) in [6.45, 7) is 0.140. The van der Waals surface area contributed by atoms with Gasteiger partial charge in [0.05, 0.1) is 0 Å². The van der Waals surface area contributed by atoms with Gasteiger partial charge in [-0.05, 0) is 40.6 Å². The van der Waals surface area contributed by atoms with Crippen LogP contribution in [-0.4, -0.2) is 5.97 Å². The Morgan fingerprint density at radius 1 is 1.30 bits per heavy atom. The highest BCUT2D eigenvalue weighted by molar-refractivity contribution is 7.08. The lowest BCUT2D eigenvalue weighted by molar-refractivity contribution is -0.139. The van der Waals surface area contributed by atoms with E-state index in [4.69, 9.17) is 9.15 Å². The lowest BCUT2D eigenvalue weighted by Gasteiger charge is -1.97. The van der Waals surface area contributed by atoms with Gasteiger partial charge in [0.2, 0.25) is 0 Å². The van der Waals surface area contributed by atoms with E-state index < -0.39 is 0 Å². The minimum Gasteiger partial charge on any atom is -0.457 e. The van der Waals surface area contributed by atoms with Crippen molar-refractivity contribution < 1.29 is 13.9 Å². The normalized spacial score (nSPS) is 11.2. The Morgan fingerprint density at radius 3 is 3.00 bits per heavy atom. The molecule has 0 bridgehead atoms. The van der Waals surface area contributed by atoms with Crippen LogP contribution in [0.5, 0.6) is 0 Å². The van der Waals surface area contributed by atoms with Crippen molar-refractivity contribution in [2.75, 3.05) is 0 Å². The SMILES string of the molecule is O=C(/C=C\c1ccsc1)OCc1cc2ccccc2o1. The number of esters is 1. The molecule has 0 aliphatic carbocycles. The number of benzene rings is 1. The molecule has 0 amide bonds. The van der Waals surface area contributed by atoms with Crippen molar-refractivity contribution >= 4 is 34.4 Å². The molecule has 0 aliphatic rings. The smallest absolute Gasteiger partial charge is 0.331 e. The van der Waals surface area contributed by atoms with Gasteiger partial charge in [-0.25, -0.2) is 4.79 Å². The second kappa shape index (κ2) is 5.75. The van der Waals surface area contributed by atoms with Gasteiger partial charge < -0.3 is 9.15 Å². The van der Waals surface area contributed by atoms with E-state index in [9.17, 15) is 4.79 Å². The maximum atomic E-state index is 11.6. The number of hydrogen-bond acceptors (Lipinski definition) is 4. The molecule has 0 saturated carbocycles. The Bertz CT molecular complexity index is 705. The van der Waals surface area contributed by atoms with Crippen molar-refractivity contribution in [3.63, 3.8) is 0 Å². The average Bonchev–Trinajstić information content (AvgIpc) is 3.11. The first kappa shape index (κ1) is 12.7. The molecule has 1 aromatic carbocycles. The quantitative estimate of drug-likeness (QED) is 0.531. The zero-order valence-corrected chi connectivity index (χ0v) is 11.4. The Hall–Kier alpha value is -2.33. The van der Waals surface area contributed by atoms with E-state index in [1.165, 1.54) is 6.08 Å². The maximum absolute atomic E-state index is 11.6. The topological polar surface area (TPSA) is 39.4 Å². The molecule has 0 spiro atoms. The van der Waals surface area contributed by atoms with Crippen LogP contribution in [0.4, 0.5) is 0 Å². The van der Waals surface area contributed by atoms with Gasteiger partial charge in [-0.2, -0.15) is 11.3 Å². The minimum atomic E-state index is -0.378. The predicted octanol–water partition coefficient (Wildman–Crippen LogP) is 4.25. The first-order chi connectivity index (χ1) is 9.81. The van der Waals surface area contributed by atoms with Gasteiger partial charge in [0.15, 0.2) is 0 Å². The maximum Gasteiger partial charge on any atom is 0.331 e. The van der Waals surface area contributed by atoms with Crippen LogP contribution in [-0.2, 0) is 16.1 Å². The predicted molar refractivity (Wildman–Crippen MR) is 79.4 cm³/mol. The largest absolute Gasteiger partial charge is 0.457 e. The second-order valence-corrected chi connectivity index (χ2v) is 5.03. The van der Waals surface area contributed by atoms with Crippen LogP contribution in [0.3, 0.4) is 0 Å². The molecule has 20 heavy (non-hydrogen) atoms. The average molecular weight is 284 g/mol. The summed E-state index contributed by atoms with van der Waals surface area (Å²) in [6.07, 6.45) is 3.15. The van der Waals surface area contributed by atoms with Gasteiger partial charge in [0.25, 0.3) is 0 Å². The van der Waals surface area contributed by atoms with Crippen LogP contribution in [0.2, 0.25) is 0 Å². The number of carbonyl (C=O) groups excluding carboxylic acids is 1. The van der Waals surface area contributed by atoms with Crippen LogP contribution < -0.4 is 0 Å². The highest BCUT2D eigenvalue weighted by Crippen LogP contribution is 2.19. The Kier molecular flexibility index (Phi) is 3.65. The molecule has 0 atom stereocenters. The van der Waals surface area contributed by atoms with Crippen LogP contribution in [0.25, 0.3) is 17.0 Å². The Labute approximate surface area is 120 Å². The fourth-order valence-electron chi connectivity index (χ4n) is 1.83.